The third-order valence-electron chi connectivity index (χ3n) is 5.87. The molecule has 9 nitrogen and oxygen atoms in total. The summed E-state index contributed by atoms with van der Waals surface area (Å²) in [5.41, 5.74) is 3.58. The lowest BCUT2D eigenvalue weighted by Crippen LogP contribution is -2.22. The monoisotopic (exact) mass is 464 g/mol. The molecule has 34 heavy (non-hydrogen) atoms. The van der Waals surface area contributed by atoms with Gasteiger partial charge in [-0.25, -0.2) is 0 Å². The summed E-state index contributed by atoms with van der Waals surface area (Å²) in [6, 6.07) is 15.3. The number of nitrogens with one attached hydrogen (secondary N) is 2. The van der Waals surface area contributed by atoms with Crippen molar-refractivity contribution in [2.45, 2.75) is 51.0 Å². The first kappa shape index (κ1) is 23.4. The molecule has 9 heteroatoms. The fraction of sp³-hybridized carbons (Fsp3) is 0.360. The van der Waals surface area contributed by atoms with Gasteiger partial charge in [0, 0.05) is 24.9 Å². The fourth-order valence-corrected chi connectivity index (χ4v) is 4.14. The summed E-state index contributed by atoms with van der Waals surface area (Å²) in [5.74, 6) is -0.444. The number of anilines is 3. The average molecular weight is 465 g/mol. The van der Waals surface area contributed by atoms with Crippen LogP contribution in [0.25, 0.3) is 0 Å². The van der Waals surface area contributed by atoms with Gasteiger partial charge in [-0.1, -0.05) is 29.4 Å². The maximum atomic E-state index is 12.5. The van der Waals surface area contributed by atoms with E-state index in [4.69, 9.17) is 14.3 Å². The Morgan fingerprint density at radius 2 is 1.68 bits per heavy atom. The van der Waals surface area contributed by atoms with E-state index in [2.05, 4.69) is 20.8 Å². The Hall–Kier alpha value is -3.72. The highest BCUT2D eigenvalue weighted by Crippen LogP contribution is 2.34. The number of hydrogen-bond acceptors (Lipinski definition) is 8. The summed E-state index contributed by atoms with van der Waals surface area (Å²) in [6.07, 6.45) is 4.26. The number of aliphatic hydroxyl groups is 1. The molecule has 1 aliphatic carbocycles. The van der Waals surface area contributed by atoms with Gasteiger partial charge < -0.3 is 24.9 Å². The SMILES string of the molecule is CC(=O)OC1CCC(c2ccc(NC(=O)c3nnc(Nc4ccc(CCO)cc4)o3)cc2)CC1. The minimum absolute atomic E-state index is 0.0201. The van der Waals surface area contributed by atoms with Crippen LogP contribution < -0.4 is 10.6 Å². The van der Waals surface area contributed by atoms with Gasteiger partial charge in [0.25, 0.3) is 0 Å². The number of nitrogens with zero attached hydrogens (tertiary/aromatic N) is 2. The van der Waals surface area contributed by atoms with E-state index < -0.39 is 5.91 Å². The van der Waals surface area contributed by atoms with E-state index in [1.807, 2.05) is 48.5 Å². The van der Waals surface area contributed by atoms with Gasteiger partial charge in [-0.2, -0.15) is 0 Å². The van der Waals surface area contributed by atoms with Crippen LogP contribution in [-0.2, 0) is 16.0 Å². The molecule has 1 aliphatic rings. The molecule has 0 radical (unpaired) electrons. The molecule has 0 aliphatic heterocycles. The van der Waals surface area contributed by atoms with E-state index in [-0.39, 0.29) is 30.6 Å². The highest BCUT2D eigenvalue weighted by Gasteiger charge is 2.24. The Balaban J connectivity index is 1.29. The van der Waals surface area contributed by atoms with Crippen molar-refractivity contribution in [2.75, 3.05) is 17.2 Å². The minimum atomic E-state index is -0.492. The van der Waals surface area contributed by atoms with E-state index in [1.54, 1.807) is 0 Å². The van der Waals surface area contributed by atoms with Gasteiger partial charge in [-0.15, -0.1) is 5.10 Å². The maximum Gasteiger partial charge on any atom is 0.320 e. The molecule has 1 fully saturated rings. The molecular weight excluding hydrogens is 436 g/mol. The van der Waals surface area contributed by atoms with Crippen molar-refractivity contribution >= 4 is 29.3 Å². The number of hydrogen-bond donors (Lipinski definition) is 3. The summed E-state index contributed by atoms with van der Waals surface area (Å²) in [5, 5.41) is 22.4. The molecule has 178 valence electrons. The third kappa shape index (κ3) is 6.20. The average Bonchev–Trinajstić information content (AvgIpc) is 3.30. The molecule has 1 heterocycles. The van der Waals surface area contributed by atoms with Crippen molar-refractivity contribution in [2.24, 2.45) is 0 Å². The number of carbonyl (C=O) groups is 2. The second kappa shape index (κ2) is 10.9. The van der Waals surface area contributed by atoms with Gasteiger partial charge in [0.05, 0.1) is 0 Å². The molecule has 0 saturated heterocycles. The number of rotatable bonds is 8. The van der Waals surface area contributed by atoms with E-state index in [1.165, 1.54) is 12.5 Å². The molecule has 1 amide bonds. The van der Waals surface area contributed by atoms with Crippen LogP contribution in [0.4, 0.5) is 17.4 Å². The van der Waals surface area contributed by atoms with E-state index in [0.717, 1.165) is 36.9 Å². The number of ether oxygens (including phenoxy) is 1. The Bertz CT molecular complexity index is 1100. The zero-order valence-corrected chi connectivity index (χ0v) is 19.0. The van der Waals surface area contributed by atoms with Gasteiger partial charge >= 0.3 is 23.8 Å². The van der Waals surface area contributed by atoms with Crippen LogP contribution in [0.3, 0.4) is 0 Å². The standard InChI is InChI=1S/C25H28N4O5/c1-16(31)33-22-12-6-19(7-13-22)18-4-10-20(11-5-18)26-23(32)24-28-29-25(34-24)27-21-8-2-17(3-9-21)14-15-30/h2-5,8-11,19,22,30H,6-7,12-15H2,1H3,(H,26,32)(H,27,29). The topological polar surface area (TPSA) is 127 Å². The summed E-state index contributed by atoms with van der Waals surface area (Å²) in [7, 11) is 0. The van der Waals surface area contributed by atoms with Crippen molar-refractivity contribution in [1.29, 1.82) is 0 Å². The molecule has 3 N–H and O–H groups in total. The number of benzene rings is 2. The summed E-state index contributed by atoms with van der Waals surface area (Å²) in [6.45, 7) is 1.54. The summed E-state index contributed by atoms with van der Waals surface area (Å²) >= 11 is 0. The molecule has 1 aromatic heterocycles. The van der Waals surface area contributed by atoms with Gasteiger partial charge in [0.1, 0.15) is 6.10 Å². The predicted octanol–water partition coefficient (Wildman–Crippen LogP) is 4.19. The first-order valence-corrected chi connectivity index (χ1v) is 11.4. The molecule has 0 atom stereocenters. The van der Waals surface area contributed by atoms with Crippen LogP contribution in [0.1, 0.15) is 60.3 Å². The Kier molecular flexibility index (Phi) is 7.54. The lowest BCUT2D eigenvalue weighted by Gasteiger charge is -2.28. The lowest BCUT2D eigenvalue weighted by molar-refractivity contribution is -0.147. The Labute approximate surface area is 197 Å². The van der Waals surface area contributed by atoms with Crippen molar-refractivity contribution in [1.82, 2.24) is 10.2 Å². The van der Waals surface area contributed by atoms with Crippen LogP contribution in [0.5, 0.6) is 0 Å². The first-order valence-electron chi connectivity index (χ1n) is 11.4. The van der Waals surface area contributed by atoms with Gasteiger partial charge in [-0.05, 0) is 73.4 Å². The maximum absolute atomic E-state index is 12.5. The van der Waals surface area contributed by atoms with Crippen LogP contribution in [-0.4, -0.2) is 39.9 Å². The number of aromatic nitrogens is 2. The zero-order chi connectivity index (χ0) is 23.9. The van der Waals surface area contributed by atoms with Gasteiger partial charge in [-0.3, -0.25) is 9.59 Å². The Morgan fingerprint density at radius 1 is 1.00 bits per heavy atom. The third-order valence-corrected chi connectivity index (χ3v) is 5.87. The van der Waals surface area contributed by atoms with Crippen molar-refractivity contribution in [3.63, 3.8) is 0 Å². The van der Waals surface area contributed by atoms with Crippen molar-refractivity contribution in [3.05, 3.63) is 65.5 Å². The molecule has 0 spiro atoms. The highest BCUT2D eigenvalue weighted by atomic mass is 16.5. The van der Waals surface area contributed by atoms with E-state index in [0.29, 0.717) is 18.0 Å². The molecule has 2 aromatic carbocycles. The molecule has 4 rings (SSSR count). The van der Waals surface area contributed by atoms with Gasteiger partial charge in [0.2, 0.25) is 0 Å². The fourth-order valence-electron chi connectivity index (χ4n) is 4.14. The minimum Gasteiger partial charge on any atom is -0.463 e. The number of aliphatic hydroxyl groups excluding tert-OH is 1. The molecular formula is C25H28N4O5. The number of amides is 1. The van der Waals surface area contributed by atoms with Crippen LogP contribution >= 0.6 is 0 Å². The summed E-state index contributed by atoms with van der Waals surface area (Å²) < 4.78 is 10.7. The summed E-state index contributed by atoms with van der Waals surface area (Å²) in [4.78, 5) is 23.6. The largest absolute Gasteiger partial charge is 0.463 e. The second-order valence-corrected chi connectivity index (χ2v) is 8.37. The lowest BCUT2D eigenvalue weighted by atomic mass is 9.82. The predicted molar refractivity (Wildman–Crippen MR) is 126 cm³/mol. The quantitative estimate of drug-likeness (QED) is 0.424. The molecule has 1 saturated carbocycles. The van der Waals surface area contributed by atoms with Gasteiger partial charge in [0.15, 0.2) is 0 Å². The first-order chi connectivity index (χ1) is 16.5. The van der Waals surface area contributed by atoms with Crippen LogP contribution in [0.15, 0.2) is 52.9 Å². The van der Waals surface area contributed by atoms with Crippen LogP contribution in [0, 0.1) is 0 Å². The zero-order valence-electron chi connectivity index (χ0n) is 19.0. The number of carbonyl (C=O) groups excluding carboxylic acids is 2. The van der Waals surface area contributed by atoms with E-state index in [9.17, 15) is 9.59 Å². The smallest absolute Gasteiger partial charge is 0.320 e. The van der Waals surface area contributed by atoms with E-state index >= 15 is 0 Å². The molecule has 0 unspecified atom stereocenters. The number of esters is 1. The van der Waals surface area contributed by atoms with Crippen molar-refractivity contribution in [3.8, 4) is 0 Å². The highest BCUT2D eigenvalue weighted by molar-refractivity contribution is 6.00. The molecule has 3 aromatic rings. The second-order valence-electron chi connectivity index (χ2n) is 8.37. The van der Waals surface area contributed by atoms with Crippen molar-refractivity contribution < 1.29 is 23.8 Å². The Morgan fingerprint density at radius 3 is 2.32 bits per heavy atom. The molecule has 0 bridgehead atoms. The van der Waals surface area contributed by atoms with Crippen LogP contribution in [0.2, 0.25) is 0 Å². The normalized spacial score (nSPS) is 17.7.